The van der Waals surface area contributed by atoms with E-state index in [4.69, 9.17) is 8.83 Å². The molecule has 0 aliphatic rings. The van der Waals surface area contributed by atoms with Gasteiger partial charge in [-0.25, -0.2) is 0 Å². The van der Waals surface area contributed by atoms with Crippen molar-refractivity contribution >= 4 is 11.0 Å². The van der Waals surface area contributed by atoms with Gasteiger partial charge in [-0.15, -0.1) is 0 Å². The van der Waals surface area contributed by atoms with Gasteiger partial charge in [-0.05, 0) is 29.7 Å². The molecule has 4 heteroatoms. The third-order valence-electron chi connectivity index (χ3n) is 3.98. The first kappa shape index (κ1) is 15.8. The van der Waals surface area contributed by atoms with E-state index in [-0.39, 0.29) is 11.5 Å². The minimum atomic E-state index is -0.681. The van der Waals surface area contributed by atoms with Crippen molar-refractivity contribution in [3.05, 3.63) is 60.2 Å². The molecule has 0 radical (unpaired) electrons. The third-order valence-corrected chi connectivity index (χ3v) is 3.98. The van der Waals surface area contributed by atoms with Crippen molar-refractivity contribution in [1.29, 1.82) is 0 Å². The van der Waals surface area contributed by atoms with Gasteiger partial charge in [0.2, 0.25) is 0 Å². The Hall–Kier alpha value is -2.04. The first-order valence-corrected chi connectivity index (χ1v) is 7.88. The Balaban J connectivity index is 1.80. The van der Waals surface area contributed by atoms with Crippen LogP contribution in [0.25, 0.3) is 11.0 Å². The molecule has 0 saturated heterocycles. The van der Waals surface area contributed by atoms with E-state index in [9.17, 15) is 5.11 Å². The van der Waals surface area contributed by atoms with Crippen molar-refractivity contribution in [2.24, 2.45) is 5.41 Å². The predicted octanol–water partition coefficient (Wildman–Crippen LogP) is 4.44. The van der Waals surface area contributed by atoms with Crippen molar-refractivity contribution in [3.8, 4) is 0 Å². The summed E-state index contributed by atoms with van der Waals surface area (Å²) in [5.74, 6) is 1.44. The highest BCUT2D eigenvalue weighted by Gasteiger charge is 2.29. The molecule has 0 spiro atoms. The number of hydrogen-bond acceptors (Lipinski definition) is 4. The summed E-state index contributed by atoms with van der Waals surface area (Å²) in [6.45, 7) is 6.85. The molecule has 0 aliphatic heterocycles. The van der Waals surface area contributed by atoms with Crippen molar-refractivity contribution in [2.75, 3.05) is 6.54 Å². The number of fused-ring (bicyclic) bond motifs is 1. The molecule has 4 nitrogen and oxygen atoms in total. The molecule has 23 heavy (non-hydrogen) atoms. The van der Waals surface area contributed by atoms with Gasteiger partial charge in [0.25, 0.3) is 0 Å². The van der Waals surface area contributed by atoms with Gasteiger partial charge in [0.1, 0.15) is 23.2 Å². The summed E-state index contributed by atoms with van der Waals surface area (Å²) in [6, 6.07) is 13.6. The van der Waals surface area contributed by atoms with Crippen molar-refractivity contribution < 1.29 is 13.9 Å². The molecular weight excluding hydrogens is 290 g/mol. The van der Waals surface area contributed by atoms with Crippen LogP contribution in [0.3, 0.4) is 0 Å². The fourth-order valence-corrected chi connectivity index (χ4v) is 2.79. The van der Waals surface area contributed by atoms with E-state index in [0.717, 1.165) is 16.7 Å². The summed E-state index contributed by atoms with van der Waals surface area (Å²) in [5.41, 5.74) is 0.821. The Morgan fingerprint density at radius 3 is 2.52 bits per heavy atom. The molecule has 2 N–H and O–H groups in total. The largest absolute Gasteiger partial charge is 0.467 e. The second-order valence-corrected chi connectivity index (χ2v) is 6.93. The fourth-order valence-electron chi connectivity index (χ4n) is 2.79. The van der Waals surface area contributed by atoms with E-state index < -0.39 is 6.10 Å². The van der Waals surface area contributed by atoms with E-state index in [0.29, 0.717) is 12.3 Å². The average Bonchev–Trinajstić information content (AvgIpc) is 3.15. The zero-order valence-electron chi connectivity index (χ0n) is 13.7. The Kier molecular flexibility index (Phi) is 4.28. The van der Waals surface area contributed by atoms with Gasteiger partial charge in [0, 0.05) is 11.9 Å². The quantitative estimate of drug-likeness (QED) is 0.731. The van der Waals surface area contributed by atoms with Crippen molar-refractivity contribution in [1.82, 2.24) is 5.32 Å². The molecule has 0 bridgehead atoms. The van der Waals surface area contributed by atoms with Crippen LogP contribution in [0.1, 0.15) is 44.4 Å². The Labute approximate surface area is 136 Å². The molecule has 1 aromatic carbocycles. The molecule has 2 atom stereocenters. The lowest BCUT2D eigenvalue weighted by atomic mass is 9.85. The Morgan fingerprint density at radius 2 is 1.87 bits per heavy atom. The van der Waals surface area contributed by atoms with Crippen LogP contribution < -0.4 is 5.32 Å². The number of aliphatic hydroxyl groups is 1. The summed E-state index contributed by atoms with van der Waals surface area (Å²) >= 11 is 0. The zero-order valence-corrected chi connectivity index (χ0v) is 13.7. The van der Waals surface area contributed by atoms with E-state index in [2.05, 4.69) is 32.2 Å². The summed E-state index contributed by atoms with van der Waals surface area (Å²) < 4.78 is 11.3. The van der Waals surface area contributed by atoms with Crippen LogP contribution in [0, 0.1) is 5.41 Å². The van der Waals surface area contributed by atoms with Crippen LogP contribution in [0.15, 0.2) is 57.6 Å². The first-order valence-electron chi connectivity index (χ1n) is 7.88. The number of para-hydroxylation sites is 1. The van der Waals surface area contributed by atoms with Crippen LogP contribution >= 0.6 is 0 Å². The molecule has 3 aromatic rings. The summed E-state index contributed by atoms with van der Waals surface area (Å²) in [5, 5.41) is 14.7. The molecule has 0 amide bonds. The van der Waals surface area contributed by atoms with Crippen LogP contribution in [-0.4, -0.2) is 11.7 Å². The molecule has 2 aromatic heterocycles. The normalized spacial score (nSPS) is 15.0. The average molecular weight is 313 g/mol. The van der Waals surface area contributed by atoms with Gasteiger partial charge < -0.3 is 19.3 Å². The summed E-state index contributed by atoms with van der Waals surface area (Å²) in [7, 11) is 0. The Morgan fingerprint density at radius 1 is 1.09 bits per heavy atom. The molecule has 122 valence electrons. The molecule has 0 saturated carbocycles. The van der Waals surface area contributed by atoms with Gasteiger partial charge in [0.05, 0.1) is 12.3 Å². The van der Waals surface area contributed by atoms with Gasteiger partial charge in [-0.1, -0.05) is 39.0 Å². The first-order chi connectivity index (χ1) is 10.9. The number of hydrogen-bond donors (Lipinski definition) is 2. The smallest absolute Gasteiger partial charge is 0.134 e. The highest BCUT2D eigenvalue weighted by molar-refractivity contribution is 5.77. The number of rotatable bonds is 5. The van der Waals surface area contributed by atoms with Gasteiger partial charge in [-0.3, -0.25) is 0 Å². The van der Waals surface area contributed by atoms with Crippen LogP contribution in [0.4, 0.5) is 0 Å². The van der Waals surface area contributed by atoms with Crippen LogP contribution in [0.2, 0.25) is 0 Å². The Bertz CT molecular complexity index is 719. The fraction of sp³-hybridized carbons (Fsp3) is 0.368. The number of furan rings is 2. The third kappa shape index (κ3) is 3.49. The maximum atomic E-state index is 10.2. The highest BCUT2D eigenvalue weighted by Crippen LogP contribution is 2.36. The minimum Gasteiger partial charge on any atom is -0.467 e. The number of nitrogens with one attached hydrogen (secondary N) is 1. The lowest BCUT2D eigenvalue weighted by molar-refractivity contribution is 0.128. The summed E-state index contributed by atoms with van der Waals surface area (Å²) in [6.07, 6.45) is 0.887. The van der Waals surface area contributed by atoms with Gasteiger partial charge in [0.15, 0.2) is 0 Å². The molecular formula is C19H23NO3. The standard InChI is InChI=1S/C19H23NO3/c1-19(2,3)18(20-12-14(21)16-9-6-10-22-16)17-11-13-7-4-5-8-15(13)23-17/h4-11,14,18,20-21H,12H2,1-3H3/t14-,18-/m0/s1. The molecule has 0 fully saturated rings. The molecule has 2 heterocycles. The van der Waals surface area contributed by atoms with E-state index in [1.807, 2.05) is 24.3 Å². The van der Waals surface area contributed by atoms with Crippen molar-refractivity contribution in [2.45, 2.75) is 32.9 Å². The topological polar surface area (TPSA) is 58.5 Å². The maximum Gasteiger partial charge on any atom is 0.134 e. The van der Waals surface area contributed by atoms with E-state index >= 15 is 0 Å². The van der Waals surface area contributed by atoms with E-state index in [1.165, 1.54) is 0 Å². The molecule has 3 rings (SSSR count). The van der Waals surface area contributed by atoms with Crippen LogP contribution in [0.5, 0.6) is 0 Å². The lowest BCUT2D eigenvalue weighted by Crippen LogP contribution is -2.34. The zero-order chi connectivity index (χ0) is 16.4. The minimum absolute atomic E-state index is 0.0143. The van der Waals surface area contributed by atoms with Gasteiger partial charge >= 0.3 is 0 Å². The lowest BCUT2D eigenvalue weighted by Gasteiger charge is -2.30. The summed E-state index contributed by atoms with van der Waals surface area (Å²) in [4.78, 5) is 0. The molecule has 0 aliphatic carbocycles. The van der Waals surface area contributed by atoms with Crippen LogP contribution in [-0.2, 0) is 0 Å². The van der Waals surface area contributed by atoms with E-state index in [1.54, 1.807) is 18.4 Å². The highest BCUT2D eigenvalue weighted by atomic mass is 16.4. The van der Waals surface area contributed by atoms with Crippen molar-refractivity contribution in [3.63, 3.8) is 0 Å². The second kappa shape index (κ2) is 6.22. The predicted molar refractivity (Wildman–Crippen MR) is 90.1 cm³/mol. The molecule has 0 unspecified atom stereocenters. The monoisotopic (exact) mass is 313 g/mol. The SMILES string of the molecule is CC(C)(C)[C@@H](NC[C@H](O)c1ccco1)c1cc2ccccc2o1. The second-order valence-electron chi connectivity index (χ2n) is 6.93. The number of aliphatic hydroxyl groups excluding tert-OH is 1. The number of benzene rings is 1. The maximum absolute atomic E-state index is 10.2. The van der Waals surface area contributed by atoms with Gasteiger partial charge in [-0.2, -0.15) is 0 Å².